The molecule has 1 rings (SSSR count). The van der Waals surface area contributed by atoms with E-state index in [2.05, 4.69) is 24.9 Å². The van der Waals surface area contributed by atoms with Gasteiger partial charge in [0.1, 0.15) is 0 Å². The first-order valence-electron chi connectivity index (χ1n) is 5.89. The summed E-state index contributed by atoms with van der Waals surface area (Å²) in [7, 11) is 0. The van der Waals surface area contributed by atoms with Crippen LogP contribution in [0.1, 0.15) is 30.8 Å². The molecule has 0 bridgehead atoms. The second-order valence-electron chi connectivity index (χ2n) is 4.54. The predicted molar refractivity (Wildman–Crippen MR) is 66.6 cm³/mol. The van der Waals surface area contributed by atoms with Gasteiger partial charge in [0, 0.05) is 25.7 Å². The summed E-state index contributed by atoms with van der Waals surface area (Å²) in [5.74, 6) is 0.568. The first-order chi connectivity index (χ1) is 8.13. The van der Waals surface area contributed by atoms with Gasteiger partial charge >= 0.3 is 0 Å². The Balaban J connectivity index is 2.53. The number of carbonyl (C=O) groups excluding carboxylic acids is 1. The average molecular weight is 233 g/mol. The van der Waals surface area contributed by atoms with Crippen molar-refractivity contribution in [3.05, 3.63) is 24.0 Å². The zero-order valence-corrected chi connectivity index (χ0v) is 10.4. The van der Waals surface area contributed by atoms with Crippen molar-refractivity contribution in [2.45, 2.75) is 20.3 Å². The average Bonchev–Trinajstić information content (AvgIpc) is 2.78. The predicted octanol–water partition coefficient (Wildman–Crippen LogP) is 2.07. The Morgan fingerprint density at radius 2 is 2.35 bits per heavy atom. The van der Waals surface area contributed by atoms with Crippen molar-refractivity contribution in [2.24, 2.45) is 5.92 Å². The van der Waals surface area contributed by atoms with Crippen molar-refractivity contribution in [2.75, 3.05) is 19.6 Å². The number of nitrogens with zero attached hydrogens (tertiary/aromatic N) is 2. The third-order valence-electron chi connectivity index (χ3n) is 2.43. The first kappa shape index (κ1) is 13.5. The van der Waals surface area contributed by atoms with Gasteiger partial charge in [-0.05, 0) is 18.1 Å². The van der Waals surface area contributed by atoms with Gasteiger partial charge in [0.15, 0.2) is 5.78 Å². The van der Waals surface area contributed by atoms with Gasteiger partial charge < -0.3 is 4.98 Å². The van der Waals surface area contributed by atoms with Gasteiger partial charge in [-0.1, -0.05) is 13.8 Å². The maximum atomic E-state index is 11.9. The van der Waals surface area contributed by atoms with Crippen LogP contribution in [0.4, 0.5) is 0 Å². The third-order valence-corrected chi connectivity index (χ3v) is 2.43. The van der Waals surface area contributed by atoms with Crippen LogP contribution >= 0.6 is 0 Å². The van der Waals surface area contributed by atoms with Gasteiger partial charge in [-0.25, -0.2) is 0 Å². The minimum atomic E-state index is 0.0774. The topological polar surface area (TPSA) is 59.9 Å². The van der Waals surface area contributed by atoms with Gasteiger partial charge in [0.25, 0.3) is 0 Å². The summed E-state index contributed by atoms with van der Waals surface area (Å²) in [5, 5.41) is 8.60. The molecule has 0 spiro atoms. The first-order valence-corrected chi connectivity index (χ1v) is 5.89. The second-order valence-corrected chi connectivity index (χ2v) is 4.54. The molecule has 0 amide bonds. The standard InChI is InChI=1S/C13H19N3O/c1-11(2)9-16(8-4-6-14)10-13(17)12-5-3-7-15-12/h3,5,7,11,15H,4,8-10H2,1-2H3. The molecule has 0 aliphatic carbocycles. The number of Topliss-reactive ketones (excluding diaryl/α,β-unsaturated/α-hetero) is 1. The zero-order valence-electron chi connectivity index (χ0n) is 10.4. The Morgan fingerprint density at radius 3 is 2.88 bits per heavy atom. The molecule has 0 aromatic carbocycles. The van der Waals surface area contributed by atoms with Gasteiger partial charge in [-0.3, -0.25) is 9.69 Å². The van der Waals surface area contributed by atoms with Crippen LogP contribution in [0.25, 0.3) is 0 Å². The molecular formula is C13H19N3O. The van der Waals surface area contributed by atoms with Crippen molar-refractivity contribution in [3.8, 4) is 6.07 Å². The quantitative estimate of drug-likeness (QED) is 0.733. The van der Waals surface area contributed by atoms with Crippen molar-refractivity contribution in [1.82, 2.24) is 9.88 Å². The van der Waals surface area contributed by atoms with Crippen LogP contribution < -0.4 is 0 Å². The number of hydrogen-bond acceptors (Lipinski definition) is 3. The van der Waals surface area contributed by atoms with E-state index in [0.29, 0.717) is 31.1 Å². The molecule has 1 heterocycles. The van der Waals surface area contributed by atoms with Crippen LogP contribution in [0.2, 0.25) is 0 Å². The molecule has 0 saturated carbocycles. The fourth-order valence-corrected chi connectivity index (χ4v) is 1.75. The van der Waals surface area contributed by atoms with Crippen LogP contribution in [0.5, 0.6) is 0 Å². The van der Waals surface area contributed by atoms with Gasteiger partial charge in [-0.15, -0.1) is 0 Å². The summed E-state index contributed by atoms with van der Waals surface area (Å²) in [6.45, 7) is 6.09. The molecule has 0 atom stereocenters. The smallest absolute Gasteiger partial charge is 0.192 e. The molecule has 4 heteroatoms. The highest BCUT2D eigenvalue weighted by Crippen LogP contribution is 2.03. The van der Waals surface area contributed by atoms with E-state index in [1.807, 2.05) is 11.0 Å². The summed E-state index contributed by atoms with van der Waals surface area (Å²) < 4.78 is 0. The lowest BCUT2D eigenvalue weighted by Crippen LogP contribution is -2.34. The molecule has 1 N–H and O–H groups in total. The second kappa shape index (κ2) is 6.87. The number of aromatic nitrogens is 1. The Kier molecular flexibility index (Phi) is 5.44. The number of carbonyl (C=O) groups is 1. The summed E-state index contributed by atoms with van der Waals surface area (Å²) in [4.78, 5) is 16.9. The normalized spacial score (nSPS) is 10.8. The number of H-pyrrole nitrogens is 1. The van der Waals surface area contributed by atoms with Crippen LogP contribution in [-0.4, -0.2) is 35.3 Å². The van der Waals surface area contributed by atoms with Crippen molar-refractivity contribution in [1.29, 1.82) is 5.26 Å². The number of rotatable bonds is 7. The molecule has 0 unspecified atom stereocenters. The third kappa shape index (κ3) is 4.83. The number of hydrogen-bond donors (Lipinski definition) is 1. The Hall–Kier alpha value is -1.60. The molecule has 0 radical (unpaired) electrons. The summed E-state index contributed by atoms with van der Waals surface area (Å²) in [6.07, 6.45) is 2.21. The highest BCUT2D eigenvalue weighted by molar-refractivity contribution is 5.95. The van der Waals surface area contributed by atoms with Gasteiger partial charge in [0.05, 0.1) is 18.3 Å². The fourth-order valence-electron chi connectivity index (χ4n) is 1.75. The Morgan fingerprint density at radius 1 is 1.59 bits per heavy atom. The molecule has 1 aromatic rings. The van der Waals surface area contributed by atoms with E-state index >= 15 is 0 Å². The minimum absolute atomic E-state index is 0.0774. The Labute approximate surface area is 102 Å². The lowest BCUT2D eigenvalue weighted by molar-refractivity contribution is 0.0919. The van der Waals surface area contributed by atoms with Crippen LogP contribution in [0, 0.1) is 17.2 Å². The van der Waals surface area contributed by atoms with Gasteiger partial charge in [-0.2, -0.15) is 5.26 Å². The Bertz CT molecular complexity index is 376. The number of ketones is 1. The van der Waals surface area contributed by atoms with Crippen LogP contribution in [0.15, 0.2) is 18.3 Å². The van der Waals surface area contributed by atoms with Gasteiger partial charge in [0.2, 0.25) is 0 Å². The fraction of sp³-hybridized carbons (Fsp3) is 0.538. The van der Waals surface area contributed by atoms with E-state index in [0.717, 1.165) is 6.54 Å². The van der Waals surface area contributed by atoms with Crippen LogP contribution in [-0.2, 0) is 0 Å². The molecule has 0 aliphatic heterocycles. The highest BCUT2D eigenvalue weighted by Gasteiger charge is 2.13. The molecule has 0 aliphatic rings. The molecule has 92 valence electrons. The number of aromatic amines is 1. The maximum Gasteiger partial charge on any atom is 0.192 e. The van der Waals surface area contributed by atoms with Crippen molar-refractivity contribution >= 4 is 5.78 Å². The van der Waals surface area contributed by atoms with E-state index in [-0.39, 0.29) is 5.78 Å². The molecule has 0 fully saturated rings. The lowest BCUT2D eigenvalue weighted by Gasteiger charge is -2.22. The molecule has 0 saturated heterocycles. The summed E-state index contributed by atoms with van der Waals surface area (Å²) in [6, 6.07) is 5.71. The maximum absolute atomic E-state index is 11.9. The van der Waals surface area contributed by atoms with E-state index in [4.69, 9.17) is 5.26 Å². The minimum Gasteiger partial charge on any atom is -0.359 e. The summed E-state index contributed by atoms with van der Waals surface area (Å²) in [5.41, 5.74) is 0.635. The van der Waals surface area contributed by atoms with E-state index < -0.39 is 0 Å². The number of nitrogens with one attached hydrogen (secondary N) is 1. The SMILES string of the molecule is CC(C)CN(CCC#N)CC(=O)c1ccc[nH]1. The summed E-state index contributed by atoms with van der Waals surface area (Å²) >= 11 is 0. The van der Waals surface area contributed by atoms with Crippen LogP contribution in [0.3, 0.4) is 0 Å². The van der Waals surface area contributed by atoms with E-state index in [1.165, 1.54) is 0 Å². The largest absolute Gasteiger partial charge is 0.359 e. The molecule has 1 aromatic heterocycles. The zero-order chi connectivity index (χ0) is 12.7. The lowest BCUT2D eigenvalue weighted by atomic mass is 10.2. The molecule has 4 nitrogen and oxygen atoms in total. The molecular weight excluding hydrogens is 214 g/mol. The number of nitriles is 1. The monoisotopic (exact) mass is 233 g/mol. The van der Waals surface area contributed by atoms with E-state index in [1.54, 1.807) is 12.3 Å². The van der Waals surface area contributed by atoms with Crippen molar-refractivity contribution in [3.63, 3.8) is 0 Å². The van der Waals surface area contributed by atoms with E-state index in [9.17, 15) is 4.79 Å². The highest BCUT2D eigenvalue weighted by atomic mass is 16.1. The van der Waals surface area contributed by atoms with Crippen molar-refractivity contribution < 1.29 is 4.79 Å². The molecule has 17 heavy (non-hydrogen) atoms.